The van der Waals surface area contributed by atoms with Gasteiger partial charge in [0, 0.05) is 0 Å². The molecule has 0 saturated heterocycles. The lowest BCUT2D eigenvalue weighted by molar-refractivity contribution is 0.953. The zero-order valence-electron chi connectivity index (χ0n) is 5.75. The minimum Gasteiger partial charge on any atom is -0.287 e. The summed E-state index contributed by atoms with van der Waals surface area (Å²) in [5.41, 5.74) is 1.23. The standard InChI is InChI=1S/C5H5N5O/c1-2-3-4(9-10-8-3)7-5(11)6-2/h1H3,(H2,6,7,8,9,10,11). The first kappa shape index (κ1) is 6.02. The third-order valence-corrected chi connectivity index (χ3v) is 1.39. The normalized spacial score (nSPS) is 10.6. The molecule has 0 atom stereocenters. The molecule has 0 saturated carbocycles. The van der Waals surface area contributed by atoms with E-state index < -0.39 is 5.69 Å². The third kappa shape index (κ3) is 0.794. The average Bonchev–Trinajstić information content (AvgIpc) is 2.34. The molecule has 6 heteroatoms. The number of aromatic nitrogens is 5. The van der Waals surface area contributed by atoms with Crippen molar-refractivity contribution < 1.29 is 0 Å². The highest BCUT2D eigenvalue weighted by Gasteiger charge is 2.02. The number of fused-ring (bicyclic) bond motifs is 1. The number of hydrogen-bond donors (Lipinski definition) is 2. The monoisotopic (exact) mass is 151 g/mol. The highest BCUT2D eigenvalue weighted by molar-refractivity contribution is 5.70. The van der Waals surface area contributed by atoms with Gasteiger partial charge in [-0.1, -0.05) is 0 Å². The maximum absolute atomic E-state index is 10.8. The minimum absolute atomic E-state index is 0.399. The van der Waals surface area contributed by atoms with Crippen LogP contribution in [0.25, 0.3) is 11.2 Å². The number of aryl methyl sites for hydroxylation is 1. The van der Waals surface area contributed by atoms with E-state index in [4.69, 9.17) is 0 Å². The molecular formula is C5H5N5O. The first-order valence-corrected chi connectivity index (χ1v) is 3.05. The van der Waals surface area contributed by atoms with E-state index >= 15 is 0 Å². The van der Waals surface area contributed by atoms with Gasteiger partial charge in [0.15, 0.2) is 11.2 Å². The number of nitrogens with zero attached hydrogens (tertiary/aromatic N) is 3. The molecule has 2 aromatic heterocycles. The van der Waals surface area contributed by atoms with Gasteiger partial charge in [0.05, 0.1) is 5.69 Å². The van der Waals surface area contributed by atoms with E-state index in [0.29, 0.717) is 16.9 Å². The summed E-state index contributed by atoms with van der Waals surface area (Å²) in [5, 5.41) is 9.89. The van der Waals surface area contributed by atoms with Gasteiger partial charge in [0.1, 0.15) is 0 Å². The Hall–Kier alpha value is -1.72. The van der Waals surface area contributed by atoms with Crippen LogP contribution >= 0.6 is 0 Å². The Kier molecular flexibility index (Phi) is 1.03. The van der Waals surface area contributed by atoms with Crippen LogP contribution in [0.2, 0.25) is 0 Å². The van der Waals surface area contributed by atoms with E-state index in [1.807, 2.05) is 0 Å². The minimum atomic E-state index is -0.399. The molecule has 0 bridgehead atoms. The zero-order chi connectivity index (χ0) is 7.84. The molecule has 11 heavy (non-hydrogen) atoms. The molecule has 2 N–H and O–H groups in total. The van der Waals surface area contributed by atoms with Crippen molar-refractivity contribution in [3.63, 3.8) is 0 Å². The van der Waals surface area contributed by atoms with E-state index in [2.05, 4.69) is 25.4 Å². The summed E-state index contributed by atoms with van der Waals surface area (Å²) < 4.78 is 0. The van der Waals surface area contributed by atoms with Gasteiger partial charge in [-0.15, -0.1) is 5.10 Å². The van der Waals surface area contributed by atoms with Crippen LogP contribution in [0.15, 0.2) is 4.79 Å². The van der Waals surface area contributed by atoms with Crippen molar-refractivity contribution in [2.75, 3.05) is 0 Å². The number of rotatable bonds is 0. The fourth-order valence-corrected chi connectivity index (χ4v) is 0.905. The number of H-pyrrole nitrogens is 2. The quantitative estimate of drug-likeness (QED) is 0.523. The van der Waals surface area contributed by atoms with Gasteiger partial charge in [-0.25, -0.2) is 4.79 Å². The second-order valence-corrected chi connectivity index (χ2v) is 2.15. The van der Waals surface area contributed by atoms with Crippen LogP contribution in [-0.4, -0.2) is 25.4 Å². The summed E-state index contributed by atoms with van der Waals surface area (Å²) in [5.74, 6) is 0. The lowest BCUT2D eigenvalue weighted by Gasteiger charge is -1.87. The molecule has 0 aliphatic heterocycles. The predicted octanol–water partition coefficient (Wildman–Crippen LogP) is -0.650. The van der Waals surface area contributed by atoms with Gasteiger partial charge in [-0.3, -0.25) is 4.98 Å². The lowest BCUT2D eigenvalue weighted by atomic mass is 10.4. The van der Waals surface area contributed by atoms with Crippen molar-refractivity contribution in [2.45, 2.75) is 6.92 Å². The smallest absolute Gasteiger partial charge is 0.287 e. The predicted molar refractivity (Wildman–Crippen MR) is 37.0 cm³/mol. The van der Waals surface area contributed by atoms with Crippen LogP contribution in [-0.2, 0) is 0 Å². The summed E-state index contributed by atoms with van der Waals surface area (Å²) in [7, 11) is 0. The summed E-state index contributed by atoms with van der Waals surface area (Å²) >= 11 is 0. The van der Waals surface area contributed by atoms with Crippen LogP contribution in [0.4, 0.5) is 0 Å². The van der Waals surface area contributed by atoms with Crippen molar-refractivity contribution in [1.82, 2.24) is 25.4 Å². The van der Waals surface area contributed by atoms with Crippen LogP contribution in [0.3, 0.4) is 0 Å². The largest absolute Gasteiger partial charge is 0.346 e. The van der Waals surface area contributed by atoms with Crippen molar-refractivity contribution >= 4 is 11.2 Å². The van der Waals surface area contributed by atoms with Gasteiger partial charge >= 0.3 is 5.69 Å². The fourth-order valence-electron chi connectivity index (χ4n) is 0.905. The lowest BCUT2D eigenvalue weighted by Crippen LogP contribution is -2.11. The molecule has 0 unspecified atom stereocenters. The van der Waals surface area contributed by atoms with Gasteiger partial charge < -0.3 is 0 Å². The van der Waals surface area contributed by atoms with Gasteiger partial charge in [-0.2, -0.15) is 15.3 Å². The molecule has 0 amide bonds. The molecule has 2 rings (SSSR count). The highest BCUT2D eigenvalue weighted by atomic mass is 16.1. The Morgan fingerprint density at radius 2 is 2.18 bits per heavy atom. The van der Waals surface area contributed by atoms with Crippen LogP contribution in [0.5, 0.6) is 0 Å². The van der Waals surface area contributed by atoms with E-state index in [1.165, 1.54) is 0 Å². The highest BCUT2D eigenvalue weighted by Crippen LogP contribution is 2.02. The van der Waals surface area contributed by atoms with E-state index in [0.717, 1.165) is 0 Å². The van der Waals surface area contributed by atoms with E-state index in [1.54, 1.807) is 6.92 Å². The first-order chi connectivity index (χ1) is 5.27. The van der Waals surface area contributed by atoms with E-state index in [-0.39, 0.29) is 0 Å². The Labute approximate surface area is 60.7 Å². The Balaban J connectivity index is 3.02. The Morgan fingerprint density at radius 3 is 3.00 bits per heavy atom. The molecule has 0 radical (unpaired) electrons. The van der Waals surface area contributed by atoms with Crippen LogP contribution < -0.4 is 5.69 Å². The molecule has 56 valence electrons. The summed E-state index contributed by atoms with van der Waals surface area (Å²) in [6.07, 6.45) is 0. The second-order valence-electron chi connectivity index (χ2n) is 2.15. The molecule has 2 heterocycles. The molecule has 0 spiro atoms. The van der Waals surface area contributed by atoms with Gasteiger partial charge in [-0.05, 0) is 6.92 Å². The molecule has 0 aliphatic rings. The Morgan fingerprint density at radius 1 is 1.36 bits per heavy atom. The first-order valence-electron chi connectivity index (χ1n) is 3.05. The SMILES string of the molecule is Cc1nc(=O)[nH]c2n[nH]nc12. The molecule has 0 aliphatic carbocycles. The topological polar surface area (TPSA) is 87.3 Å². The van der Waals surface area contributed by atoms with Gasteiger partial charge in [0.25, 0.3) is 0 Å². The number of aromatic amines is 2. The summed E-state index contributed by atoms with van der Waals surface area (Å²) in [6.45, 7) is 1.71. The molecule has 0 aromatic carbocycles. The number of nitrogens with one attached hydrogen (secondary N) is 2. The summed E-state index contributed by atoms with van der Waals surface area (Å²) in [4.78, 5) is 16.8. The van der Waals surface area contributed by atoms with Gasteiger partial charge in [0.2, 0.25) is 0 Å². The van der Waals surface area contributed by atoms with Crippen molar-refractivity contribution in [3.8, 4) is 0 Å². The van der Waals surface area contributed by atoms with Crippen LogP contribution in [0, 0.1) is 6.92 Å². The Bertz CT molecular complexity index is 441. The van der Waals surface area contributed by atoms with E-state index in [9.17, 15) is 4.79 Å². The second kappa shape index (κ2) is 1.88. The van der Waals surface area contributed by atoms with Crippen molar-refractivity contribution in [2.24, 2.45) is 0 Å². The summed E-state index contributed by atoms with van der Waals surface area (Å²) in [6, 6.07) is 0. The average molecular weight is 151 g/mol. The number of hydrogen-bond acceptors (Lipinski definition) is 4. The fraction of sp³-hybridized carbons (Fsp3) is 0.200. The molecule has 0 fully saturated rings. The van der Waals surface area contributed by atoms with Crippen LogP contribution in [0.1, 0.15) is 5.69 Å². The maximum Gasteiger partial charge on any atom is 0.346 e. The molecule has 6 nitrogen and oxygen atoms in total. The zero-order valence-corrected chi connectivity index (χ0v) is 5.75. The third-order valence-electron chi connectivity index (χ3n) is 1.39. The van der Waals surface area contributed by atoms with Crippen molar-refractivity contribution in [3.05, 3.63) is 16.2 Å². The maximum atomic E-state index is 10.8. The molecule has 2 aromatic rings. The molecular weight excluding hydrogens is 146 g/mol. The van der Waals surface area contributed by atoms with Crippen molar-refractivity contribution in [1.29, 1.82) is 0 Å².